The van der Waals surface area contributed by atoms with Gasteiger partial charge in [0.1, 0.15) is 6.61 Å². The van der Waals surface area contributed by atoms with Crippen LogP contribution >= 0.6 is 0 Å². The topological polar surface area (TPSA) is 64.3 Å². The van der Waals surface area contributed by atoms with E-state index in [1.165, 1.54) is 11.1 Å². The maximum Gasteiger partial charge on any atom is 0.259 e. The molecule has 0 radical (unpaired) electrons. The Balaban J connectivity index is 2.44. The highest BCUT2D eigenvalue weighted by molar-refractivity contribution is 5.76. The molecule has 0 unspecified atom stereocenters. The minimum absolute atomic E-state index is 0.0105. The van der Waals surface area contributed by atoms with Crippen molar-refractivity contribution in [2.45, 2.75) is 20.5 Å². The number of carbonyl (C=O) groups is 1. The molecule has 0 spiro atoms. The standard InChI is InChI=1S/C11H16N2O2/c1-8-3-4-10(5-9(8)2)6-15-7-11(14)13-12/h3-5H,6-7,12H2,1-2H3,(H,13,14). The Bertz CT molecular complexity index is 350. The Morgan fingerprint density at radius 3 is 2.73 bits per heavy atom. The van der Waals surface area contributed by atoms with Crippen LogP contribution in [0.4, 0.5) is 0 Å². The van der Waals surface area contributed by atoms with E-state index in [1.807, 2.05) is 24.5 Å². The first-order valence-electron chi connectivity index (χ1n) is 4.77. The van der Waals surface area contributed by atoms with Gasteiger partial charge in [-0.3, -0.25) is 10.2 Å². The van der Waals surface area contributed by atoms with Gasteiger partial charge in [-0.05, 0) is 30.5 Å². The molecule has 0 bridgehead atoms. The largest absolute Gasteiger partial charge is 0.367 e. The molecule has 82 valence electrons. The van der Waals surface area contributed by atoms with Crippen molar-refractivity contribution in [1.29, 1.82) is 0 Å². The molecule has 0 atom stereocenters. The predicted molar refractivity (Wildman–Crippen MR) is 57.9 cm³/mol. The van der Waals surface area contributed by atoms with Gasteiger partial charge in [0.05, 0.1) is 6.61 Å². The molecule has 1 rings (SSSR count). The molecule has 0 aliphatic heterocycles. The molecule has 1 aromatic rings. The molecule has 4 heteroatoms. The summed E-state index contributed by atoms with van der Waals surface area (Å²) in [6.07, 6.45) is 0. The average Bonchev–Trinajstić information content (AvgIpc) is 2.23. The molecule has 0 heterocycles. The highest BCUT2D eigenvalue weighted by Crippen LogP contribution is 2.10. The Labute approximate surface area is 89.4 Å². The van der Waals surface area contributed by atoms with Crippen LogP contribution in [-0.4, -0.2) is 12.5 Å². The maximum atomic E-state index is 10.8. The van der Waals surface area contributed by atoms with Crippen molar-refractivity contribution in [3.05, 3.63) is 34.9 Å². The quantitative estimate of drug-likeness (QED) is 0.437. The third kappa shape index (κ3) is 3.69. The van der Waals surface area contributed by atoms with E-state index < -0.39 is 0 Å². The van der Waals surface area contributed by atoms with Crippen molar-refractivity contribution >= 4 is 5.91 Å². The summed E-state index contributed by atoms with van der Waals surface area (Å²) in [5, 5.41) is 0. The molecule has 0 saturated heterocycles. The molecule has 0 fully saturated rings. The van der Waals surface area contributed by atoms with Gasteiger partial charge in [0, 0.05) is 0 Å². The second kappa shape index (κ2) is 5.48. The van der Waals surface area contributed by atoms with Crippen molar-refractivity contribution < 1.29 is 9.53 Å². The van der Waals surface area contributed by atoms with Crippen LogP contribution in [0.15, 0.2) is 18.2 Å². The number of nitrogens with one attached hydrogen (secondary N) is 1. The number of carbonyl (C=O) groups excluding carboxylic acids is 1. The van der Waals surface area contributed by atoms with Crippen molar-refractivity contribution in [3.8, 4) is 0 Å². The number of hydrogen-bond acceptors (Lipinski definition) is 3. The molecule has 0 aromatic heterocycles. The number of nitrogens with two attached hydrogens (primary N) is 1. The number of aryl methyl sites for hydroxylation is 2. The Morgan fingerprint density at radius 2 is 2.13 bits per heavy atom. The second-order valence-electron chi connectivity index (χ2n) is 3.48. The summed E-state index contributed by atoms with van der Waals surface area (Å²) < 4.78 is 5.18. The van der Waals surface area contributed by atoms with E-state index in [9.17, 15) is 4.79 Å². The summed E-state index contributed by atoms with van der Waals surface area (Å²) in [4.78, 5) is 10.8. The van der Waals surface area contributed by atoms with Crippen LogP contribution in [-0.2, 0) is 16.1 Å². The maximum absolute atomic E-state index is 10.8. The first-order chi connectivity index (χ1) is 7.13. The average molecular weight is 208 g/mol. The fourth-order valence-electron chi connectivity index (χ4n) is 1.20. The lowest BCUT2D eigenvalue weighted by Gasteiger charge is -2.06. The third-order valence-corrected chi connectivity index (χ3v) is 2.23. The number of rotatable bonds is 4. The van der Waals surface area contributed by atoms with E-state index in [0.717, 1.165) is 5.56 Å². The van der Waals surface area contributed by atoms with Crippen molar-refractivity contribution in [2.24, 2.45) is 5.84 Å². The molecular formula is C11H16N2O2. The summed E-state index contributed by atoms with van der Waals surface area (Å²) in [6, 6.07) is 6.08. The normalized spacial score (nSPS) is 10.1. The summed E-state index contributed by atoms with van der Waals surface area (Å²) in [5.74, 6) is 4.60. The lowest BCUT2D eigenvalue weighted by molar-refractivity contribution is -0.126. The second-order valence-corrected chi connectivity index (χ2v) is 3.48. The Kier molecular flexibility index (Phi) is 4.27. The molecule has 1 amide bonds. The zero-order valence-corrected chi connectivity index (χ0v) is 9.04. The highest BCUT2D eigenvalue weighted by atomic mass is 16.5. The summed E-state index contributed by atoms with van der Waals surface area (Å²) >= 11 is 0. The molecule has 0 aliphatic rings. The number of benzene rings is 1. The first-order valence-corrected chi connectivity index (χ1v) is 4.77. The smallest absolute Gasteiger partial charge is 0.259 e. The van der Waals surface area contributed by atoms with Crippen LogP contribution in [0.1, 0.15) is 16.7 Å². The van der Waals surface area contributed by atoms with Crippen LogP contribution in [0.5, 0.6) is 0 Å². The lowest BCUT2D eigenvalue weighted by Crippen LogP contribution is -2.33. The van der Waals surface area contributed by atoms with Crippen LogP contribution in [0, 0.1) is 13.8 Å². The SMILES string of the molecule is Cc1ccc(COCC(=O)NN)cc1C. The van der Waals surface area contributed by atoms with Crippen molar-refractivity contribution in [1.82, 2.24) is 5.43 Å². The molecule has 4 nitrogen and oxygen atoms in total. The zero-order valence-electron chi connectivity index (χ0n) is 9.04. The van der Waals surface area contributed by atoms with E-state index >= 15 is 0 Å². The van der Waals surface area contributed by atoms with Gasteiger partial charge in [-0.2, -0.15) is 0 Å². The minimum atomic E-state index is -0.321. The Hall–Kier alpha value is -1.39. The number of hydrazine groups is 1. The lowest BCUT2D eigenvalue weighted by atomic mass is 10.1. The van der Waals surface area contributed by atoms with Gasteiger partial charge >= 0.3 is 0 Å². The van der Waals surface area contributed by atoms with Crippen LogP contribution in [0.3, 0.4) is 0 Å². The fraction of sp³-hybridized carbons (Fsp3) is 0.364. The summed E-state index contributed by atoms with van der Waals surface area (Å²) in [7, 11) is 0. The number of hydrogen-bond donors (Lipinski definition) is 2. The molecule has 0 saturated carbocycles. The van der Waals surface area contributed by atoms with Crippen LogP contribution in [0.25, 0.3) is 0 Å². The van der Waals surface area contributed by atoms with Gasteiger partial charge in [0.15, 0.2) is 0 Å². The van der Waals surface area contributed by atoms with Gasteiger partial charge in [-0.1, -0.05) is 18.2 Å². The van der Waals surface area contributed by atoms with Gasteiger partial charge in [0.25, 0.3) is 5.91 Å². The first kappa shape index (κ1) is 11.7. The van der Waals surface area contributed by atoms with Gasteiger partial charge < -0.3 is 4.74 Å². The van der Waals surface area contributed by atoms with Gasteiger partial charge in [0.2, 0.25) is 0 Å². The van der Waals surface area contributed by atoms with Gasteiger partial charge in [-0.15, -0.1) is 0 Å². The monoisotopic (exact) mass is 208 g/mol. The van der Waals surface area contributed by atoms with E-state index in [4.69, 9.17) is 10.6 Å². The van der Waals surface area contributed by atoms with Gasteiger partial charge in [-0.25, -0.2) is 5.84 Å². The van der Waals surface area contributed by atoms with E-state index in [0.29, 0.717) is 6.61 Å². The number of amides is 1. The molecule has 15 heavy (non-hydrogen) atoms. The summed E-state index contributed by atoms with van der Waals surface area (Å²) in [5.41, 5.74) is 5.54. The van der Waals surface area contributed by atoms with Crippen molar-refractivity contribution in [2.75, 3.05) is 6.61 Å². The van der Waals surface area contributed by atoms with E-state index in [2.05, 4.69) is 13.0 Å². The fourth-order valence-corrected chi connectivity index (χ4v) is 1.20. The molecule has 0 aliphatic carbocycles. The summed E-state index contributed by atoms with van der Waals surface area (Å²) in [6.45, 7) is 4.52. The highest BCUT2D eigenvalue weighted by Gasteiger charge is 2.00. The van der Waals surface area contributed by atoms with E-state index in [-0.39, 0.29) is 12.5 Å². The predicted octanol–water partition coefficient (Wildman–Crippen LogP) is 0.810. The minimum Gasteiger partial charge on any atom is -0.367 e. The number of ether oxygens (including phenoxy) is 1. The van der Waals surface area contributed by atoms with E-state index in [1.54, 1.807) is 0 Å². The zero-order chi connectivity index (χ0) is 11.3. The molecular weight excluding hydrogens is 192 g/mol. The van der Waals surface area contributed by atoms with Crippen LogP contribution < -0.4 is 11.3 Å². The molecule has 1 aromatic carbocycles. The molecule has 3 N–H and O–H groups in total. The Morgan fingerprint density at radius 1 is 1.40 bits per heavy atom. The third-order valence-electron chi connectivity index (χ3n) is 2.23. The van der Waals surface area contributed by atoms with Crippen LogP contribution in [0.2, 0.25) is 0 Å². The van der Waals surface area contributed by atoms with Crippen molar-refractivity contribution in [3.63, 3.8) is 0 Å².